The van der Waals surface area contributed by atoms with E-state index < -0.39 is 23.6 Å². The number of hydrogen-bond donors (Lipinski definition) is 1. The molecule has 3 rings (SSSR count). The molecule has 0 unspecified atom stereocenters. The number of nitrogens with zero attached hydrogens (tertiary/aromatic N) is 1. The highest BCUT2D eigenvalue weighted by Gasteiger charge is 2.39. The summed E-state index contributed by atoms with van der Waals surface area (Å²) in [6, 6.07) is 10.9. The van der Waals surface area contributed by atoms with Crippen molar-refractivity contribution < 1.29 is 32.2 Å². The standard InChI is InChI=1S/C21H19F3N2O4/c1-29-11-10-26-19(27)17(13-6-8-16(30-2)9-7-13)18(20(26)28)25-15-5-3-4-14(12-15)21(22,23)24/h3-9,12,25H,10-11H2,1-2H3. The number of carbonyl (C=O) groups excluding carboxylic acids is 2. The fraction of sp³-hybridized carbons (Fsp3) is 0.238. The zero-order valence-electron chi connectivity index (χ0n) is 16.2. The van der Waals surface area contributed by atoms with Crippen molar-refractivity contribution in [2.24, 2.45) is 0 Å². The van der Waals surface area contributed by atoms with E-state index in [1.807, 2.05) is 0 Å². The number of methoxy groups -OCH3 is 2. The summed E-state index contributed by atoms with van der Waals surface area (Å²) >= 11 is 0. The van der Waals surface area contributed by atoms with Crippen LogP contribution in [-0.4, -0.2) is 44.1 Å². The van der Waals surface area contributed by atoms with Gasteiger partial charge in [0.15, 0.2) is 0 Å². The number of rotatable bonds is 7. The summed E-state index contributed by atoms with van der Waals surface area (Å²) in [5, 5.41) is 2.71. The van der Waals surface area contributed by atoms with Gasteiger partial charge in [-0.05, 0) is 35.9 Å². The van der Waals surface area contributed by atoms with Crippen LogP contribution in [0.5, 0.6) is 5.75 Å². The van der Waals surface area contributed by atoms with Crippen LogP contribution in [0.2, 0.25) is 0 Å². The van der Waals surface area contributed by atoms with E-state index in [0.29, 0.717) is 11.3 Å². The fourth-order valence-electron chi connectivity index (χ4n) is 3.02. The van der Waals surface area contributed by atoms with Gasteiger partial charge >= 0.3 is 6.18 Å². The molecule has 0 radical (unpaired) electrons. The molecule has 1 aliphatic rings. The van der Waals surface area contributed by atoms with Crippen LogP contribution in [-0.2, 0) is 20.5 Å². The van der Waals surface area contributed by atoms with E-state index in [4.69, 9.17) is 9.47 Å². The van der Waals surface area contributed by atoms with Crippen molar-refractivity contribution in [2.45, 2.75) is 6.18 Å². The Morgan fingerprint density at radius 2 is 1.70 bits per heavy atom. The molecule has 1 heterocycles. The highest BCUT2D eigenvalue weighted by atomic mass is 19.4. The van der Waals surface area contributed by atoms with Gasteiger partial charge in [0, 0.05) is 12.8 Å². The monoisotopic (exact) mass is 420 g/mol. The van der Waals surface area contributed by atoms with Crippen LogP contribution in [0.4, 0.5) is 18.9 Å². The van der Waals surface area contributed by atoms with E-state index in [0.717, 1.165) is 17.0 Å². The number of ether oxygens (including phenoxy) is 2. The Labute approximate surface area is 170 Å². The highest BCUT2D eigenvalue weighted by Crippen LogP contribution is 2.34. The fourth-order valence-corrected chi connectivity index (χ4v) is 3.02. The SMILES string of the molecule is COCCN1C(=O)C(Nc2cccc(C(F)(F)F)c2)=C(c2ccc(OC)cc2)C1=O. The van der Waals surface area contributed by atoms with E-state index in [1.165, 1.54) is 26.4 Å². The molecule has 1 N–H and O–H groups in total. The molecule has 158 valence electrons. The molecule has 2 aromatic carbocycles. The van der Waals surface area contributed by atoms with Crippen LogP contribution in [0.3, 0.4) is 0 Å². The maximum absolute atomic E-state index is 13.0. The largest absolute Gasteiger partial charge is 0.497 e. The minimum absolute atomic E-state index is 0.0155. The maximum atomic E-state index is 13.0. The van der Waals surface area contributed by atoms with E-state index in [9.17, 15) is 22.8 Å². The van der Waals surface area contributed by atoms with E-state index in [2.05, 4.69) is 5.32 Å². The van der Waals surface area contributed by atoms with Gasteiger partial charge in [-0.15, -0.1) is 0 Å². The predicted molar refractivity (Wildman–Crippen MR) is 104 cm³/mol. The summed E-state index contributed by atoms with van der Waals surface area (Å²) in [6.07, 6.45) is -4.54. The normalized spacial score (nSPS) is 14.5. The molecule has 0 spiro atoms. The van der Waals surface area contributed by atoms with Crippen molar-refractivity contribution in [2.75, 3.05) is 32.7 Å². The molecule has 2 amide bonds. The Balaban J connectivity index is 2.03. The molecule has 1 aliphatic heterocycles. The second-order valence-corrected chi connectivity index (χ2v) is 6.44. The Hall–Kier alpha value is -3.33. The lowest BCUT2D eigenvalue weighted by atomic mass is 10.0. The van der Waals surface area contributed by atoms with Crippen LogP contribution in [0.25, 0.3) is 5.57 Å². The summed E-state index contributed by atoms with van der Waals surface area (Å²) in [5.74, 6) is -0.642. The van der Waals surface area contributed by atoms with Gasteiger partial charge in [-0.3, -0.25) is 14.5 Å². The van der Waals surface area contributed by atoms with Crippen LogP contribution in [0, 0.1) is 0 Å². The molecule has 0 aliphatic carbocycles. The summed E-state index contributed by atoms with van der Waals surface area (Å²) in [4.78, 5) is 26.8. The molecule has 0 atom stereocenters. The Morgan fingerprint density at radius 3 is 2.30 bits per heavy atom. The van der Waals surface area contributed by atoms with Gasteiger partial charge < -0.3 is 14.8 Å². The number of alkyl halides is 3. The minimum atomic E-state index is -4.54. The molecule has 9 heteroatoms. The molecular weight excluding hydrogens is 401 g/mol. The minimum Gasteiger partial charge on any atom is -0.497 e. The lowest BCUT2D eigenvalue weighted by Crippen LogP contribution is -2.35. The zero-order chi connectivity index (χ0) is 21.9. The topological polar surface area (TPSA) is 67.9 Å². The van der Waals surface area contributed by atoms with Crippen LogP contribution in [0.1, 0.15) is 11.1 Å². The average Bonchev–Trinajstić information content (AvgIpc) is 2.95. The second kappa shape index (κ2) is 8.58. The quantitative estimate of drug-likeness (QED) is 0.694. The third-order valence-electron chi connectivity index (χ3n) is 4.52. The van der Waals surface area contributed by atoms with Crippen LogP contribution in [0.15, 0.2) is 54.2 Å². The first-order chi connectivity index (χ1) is 14.3. The maximum Gasteiger partial charge on any atom is 0.416 e. The molecule has 0 aromatic heterocycles. The molecule has 30 heavy (non-hydrogen) atoms. The first-order valence-electron chi connectivity index (χ1n) is 8.94. The Bertz CT molecular complexity index is 984. The smallest absolute Gasteiger partial charge is 0.416 e. The molecule has 0 bridgehead atoms. The Morgan fingerprint density at radius 1 is 1.00 bits per heavy atom. The van der Waals surface area contributed by atoms with Gasteiger partial charge in [0.2, 0.25) is 0 Å². The number of imide groups is 1. The van der Waals surface area contributed by atoms with Crippen molar-refractivity contribution in [1.29, 1.82) is 0 Å². The van der Waals surface area contributed by atoms with Gasteiger partial charge in [0.1, 0.15) is 11.4 Å². The second-order valence-electron chi connectivity index (χ2n) is 6.44. The molecule has 0 fully saturated rings. The molecule has 0 saturated carbocycles. The third kappa shape index (κ3) is 4.30. The van der Waals surface area contributed by atoms with Gasteiger partial charge in [0.05, 0.1) is 31.4 Å². The number of carbonyl (C=O) groups is 2. The first-order valence-corrected chi connectivity index (χ1v) is 8.94. The number of anilines is 1. The number of hydrogen-bond acceptors (Lipinski definition) is 5. The summed E-state index contributed by atoms with van der Waals surface area (Å²) in [6.45, 7) is 0.145. The molecule has 2 aromatic rings. The van der Waals surface area contributed by atoms with Gasteiger partial charge in [-0.2, -0.15) is 13.2 Å². The van der Waals surface area contributed by atoms with Crippen LogP contribution >= 0.6 is 0 Å². The lowest BCUT2D eigenvalue weighted by Gasteiger charge is -2.15. The number of halogens is 3. The highest BCUT2D eigenvalue weighted by molar-refractivity contribution is 6.36. The van der Waals surface area contributed by atoms with Gasteiger partial charge in [0.25, 0.3) is 11.8 Å². The van der Waals surface area contributed by atoms with Crippen molar-refractivity contribution in [1.82, 2.24) is 4.90 Å². The number of nitrogens with one attached hydrogen (secondary N) is 1. The average molecular weight is 420 g/mol. The van der Waals surface area contributed by atoms with Gasteiger partial charge in [-0.1, -0.05) is 18.2 Å². The third-order valence-corrected chi connectivity index (χ3v) is 4.52. The zero-order valence-corrected chi connectivity index (χ0v) is 16.2. The first kappa shape index (κ1) is 21.4. The lowest BCUT2D eigenvalue weighted by molar-refractivity contribution is -0.138. The summed E-state index contributed by atoms with van der Waals surface area (Å²) < 4.78 is 49.2. The number of amides is 2. The van der Waals surface area contributed by atoms with E-state index in [-0.39, 0.29) is 30.1 Å². The molecule has 0 saturated heterocycles. The Kier molecular flexibility index (Phi) is 6.12. The van der Waals surface area contributed by atoms with Gasteiger partial charge in [-0.25, -0.2) is 0 Å². The van der Waals surface area contributed by atoms with E-state index in [1.54, 1.807) is 24.3 Å². The number of benzene rings is 2. The van der Waals surface area contributed by atoms with Crippen molar-refractivity contribution in [3.63, 3.8) is 0 Å². The summed E-state index contributed by atoms with van der Waals surface area (Å²) in [7, 11) is 2.93. The molecular formula is C21H19F3N2O4. The summed E-state index contributed by atoms with van der Waals surface area (Å²) in [5.41, 5.74) is -0.423. The predicted octanol–water partition coefficient (Wildman–Crippen LogP) is 3.55. The van der Waals surface area contributed by atoms with Crippen molar-refractivity contribution >= 4 is 23.1 Å². The van der Waals surface area contributed by atoms with Crippen molar-refractivity contribution in [3.8, 4) is 5.75 Å². The molecule has 6 nitrogen and oxygen atoms in total. The van der Waals surface area contributed by atoms with E-state index >= 15 is 0 Å². The van der Waals surface area contributed by atoms with Crippen molar-refractivity contribution in [3.05, 3.63) is 65.4 Å². The van der Waals surface area contributed by atoms with Crippen LogP contribution < -0.4 is 10.1 Å².